The normalized spacial score (nSPS) is 14.1. The van der Waals surface area contributed by atoms with Gasteiger partial charge < -0.3 is 9.80 Å². The summed E-state index contributed by atoms with van der Waals surface area (Å²) in [6.45, 7) is 4.75. The van der Waals surface area contributed by atoms with Gasteiger partial charge in [0.15, 0.2) is 0 Å². The van der Waals surface area contributed by atoms with Gasteiger partial charge in [-0.25, -0.2) is 15.0 Å². The Morgan fingerprint density at radius 1 is 0.871 bits per heavy atom. The number of pyridine rings is 1. The second-order valence-corrected chi connectivity index (χ2v) is 7.77. The summed E-state index contributed by atoms with van der Waals surface area (Å²) in [6.07, 6.45) is 3.49. The highest BCUT2D eigenvalue weighted by molar-refractivity contribution is 6.07. The molecule has 6 heteroatoms. The van der Waals surface area contributed by atoms with Crippen molar-refractivity contribution >= 4 is 22.8 Å². The predicted octanol–water partition coefficient (Wildman–Crippen LogP) is 3.96. The van der Waals surface area contributed by atoms with Crippen LogP contribution in [0.4, 0.5) is 5.95 Å². The molecule has 0 spiro atoms. The summed E-state index contributed by atoms with van der Waals surface area (Å²) in [5.41, 5.74) is 4.54. The molecule has 0 radical (unpaired) electrons. The summed E-state index contributed by atoms with van der Waals surface area (Å²) in [5.74, 6) is 0.756. The number of anilines is 1. The molecule has 1 aliphatic heterocycles. The first-order valence-corrected chi connectivity index (χ1v) is 10.5. The van der Waals surface area contributed by atoms with E-state index in [-0.39, 0.29) is 5.91 Å². The second kappa shape index (κ2) is 8.14. The lowest BCUT2D eigenvalue weighted by molar-refractivity contribution is 0.0748. The van der Waals surface area contributed by atoms with E-state index in [9.17, 15) is 4.79 Å². The van der Waals surface area contributed by atoms with E-state index >= 15 is 0 Å². The summed E-state index contributed by atoms with van der Waals surface area (Å²) < 4.78 is 0. The van der Waals surface area contributed by atoms with Gasteiger partial charge in [0.05, 0.1) is 16.8 Å². The Morgan fingerprint density at radius 2 is 1.65 bits per heavy atom. The number of aryl methyl sites for hydroxylation is 1. The molecule has 0 saturated carbocycles. The first kappa shape index (κ1) is 19.2. The molecule has 1 fully saturated rings. The van der Waals surface area contributed by atoms with Crippen LogP contribution in [0.2, 0.25) is 0 Å². The summed E-state index contributed by atoms with van der Waals surface area (Å²) >= 11 is 0. The molecule has 2 aromatic carbocycles. The predicted molar refractivity (Wildman–Crippen MR) is 122 cm³/mol. The van der Waals surface area contributed by atoms with Crippen LogP contribution in [0.1, 0.15) is 15.9 Å². The number of carbonyl (C=O) groups is 1. The highest BCUT2D eigenvalue weighted by atomic mass is 16.2. The quantitative estimate of drug-likeness (QED) is 0.513. The molecule has 2 aromatic heterocycles. The number of hydrogen-bond acceptors (Lipinski definition) is 5. The first-order chi connectivity index (χ1) is 15.2. The highest BCUT2D eigenvalue weighted by Gasteiger charge is 2.25. The molecule has 0 atom stereocenters. The number of piperazine rings is 1. The van der Waals surface area contributed by atoms with Gasteiger partial charge in [0, 0.05) is 49.5 Å². The third-order valence-electron chi connectivity index (χ3n) is 5.66. The molecule has 6 nitrogen and oxygen atoms in total. The minimum absolute atomic E-state index is 0.0427. The van der Waals surface area contributed by atoms with E-state index < -0.39 is 0 Å². The van der Waals surface area contributed by atoms with Crippen LogP contribution < -0.4 is 4.90 Å². The molecule has 4 aromatic rings. The molecule has 31 heavy (non-hydrogen) atoms. The number of amides is 1. The number of fused-ring (bicyclic) bond motifs is 1. The van der Waals surface area contributed by atoms with Crippen LogP contribution >= 0.6 is 0 Å². The largest absolute Gasteiger partial charge is 0.337 e. The fourth-order valence-corrected chi connectivity index (χ4v) is 4.04. The number of aromatic nitrogens is 3. The third-order valence-corrected chi connectivity index (χ3v) is 5.66. The van der Waals surface area contributed by atoms with Crippen molar-refractivity contribution in [2.45, 2.75) is 6.92 Å². The maximum atomic E-state index is 13.6. The van der Waals surface area contributed by atoms with Gasteiger partial charge in [-0.2, -0.15) is 0 Å². The van der Waals surface area contributed by atoms with Gasteiger partial charge in [0.1, 0.15) is 0 Å². The van der Waals surface area contributed by atoms with Gasteiger partial charge in [-0.3, -0.25) is 4.79 Å². The first-order valence-electron chi connectivity index (χ1n) is 10.5. The fourth-order valence-electron chi connectivity index (χ4n) is 4.04. The number of nitrogens with zero attached hydrogens (tertiary/aromatic N) is 5. The van der Waals surface area contributed by atoms with E-state index in [1.807, 2.05) is 53.4 Å². The van der Waals surface area contributed by atoms with E-state index in [4.69, 9.17) is 4.98 Å². The van der Waals surface area contributed by atoms with Crippen molar-refractivity contribution in [1.82, 2.24) is 19.9 Å². The molecule has 3 heterocycles. The Kier molecular flexibility index (Phi) is 5.04. The molecule has 1 amide bonds. The van der Waals surface area contributed by atoms with Crippen LogP contribution in [0.3, 0.4) is 0 Å². The van der Waals surface area contributed by atoms with Crippen LogP contribution in [0.15, 0.2) is 73.1 Å². The van der Waals surface area contributed by atoms with Crippen molar-refractivity contribution in [3.8, 4) is 11.3 Å². The SMILES string of the molecule is Cc1cccc(-c2cc(C(=O)N3CCN(c4ncccn4)CC3)c3ccccc3n2)c1. The van der Waals surface area contributed by atoms with Gasteiger partial charge in [-0.05, 0) is 31.2 Å². The molecule has 1 saturated heterocycles. The summed E-state index contributed by atoms with van der Waals surface area (Å²) in [7, 11) is 0. The van der Waals surface area contributed by atoms with Crippen LogP contribution in [-0.4, -0.2) is 51.9 Å². The zero-order chi connectivity index (χ0) is 21.2. The van der Waals surface area contributed by atoms with Gasteiger partial charge in [0.2, 0.25) is 5.95 Å². The maximum Gasteiger partial charge on any atom is 0.254 e. The number of carbonyl (C=O) groups excluding carboxylic acids is 1. The monoisotopic (exact) mass is 409 g/mol. The molecule has 5 rings (SSSR count). The topological polar surface area (TPSA) is 62.2 Å². The van der Waals surface area contributed by atoms with E-state index in [1.54, 1.807) is 12.4 Å². The van der Waals surface area contributed by atoms with Crippen LogP contribution in [0.25, 0.3) is 22.2 Å². The van der Waals surface area contributed by atoms with Crippen molar-refractivity contribution in [3.05, 3.63) is 84.2 Å². The van der Waals surface area contributed by atoms with E-state index in [0.29, 0.717) is 37.7 Å². The molecule has 154 valence electrons. The fraction of sp³-hybridized carbons (Fsp3) is 0.200. The lowest BCUT2D eigenvalue weighted by Gasteiger charge is -2.34. The molecule has 0 N–H and O–H groups in total. The highest BCUT2D eigenvalue weighted by Crippen LogP contribution is 2.27. The molecular formula is C25H23N5O. The van der Waals surface area contributed by atoms with Crippen molar-refractivity contribution in [2.75, 3.05) is 31.1 Å². The second-order valence-electron chi connectivity index (χ2n) is 7.77. The van der Waals surface area contributed by atoms with E-state index in [0.717, 1.165) is 22.2 Å². The third kappa shape index (κ3) is 3.84. The maximum absolute atomic E-state index is 13.6. The number of hydrogen-bond donors (Lipinski definition) is 0. The number of rotatable bonds is 3. The van der Waals surface area contributed by atoms with E-state index in [2.05, 4.69) is 33.9 Å². The van der Waals surface area contributed by atoms with Crippen molar-refractivity contribution in [3.63, 3.8) is 0 Å². The minimum atomic E-state index is 0.0427. The lowest BCUT2D eigenvalue weighted by atomic mass is 10.0. The smallest absolute Gasteiger partial charge is 0.254 e. The van der Waals surface area contributed by atoms with Gasteiger partial charge in [0.25, 0.3) is 5.91 Å². The molecular weight excluding hydrogens is 386 g/mol. The van der Waals surface area contributed by atoms with Crippen molar-refractivity contribution < 1.29 is 4.79 Å². The molecule has 0 aliphatic carbocycles. The zero-order valence-corrected chi connectivity index (χ0v) is 17.4. The lowest BCUT2D eigenvalue weighted by Crippen LogP contribution is -2.49. The summed E-state index contributed by atoms with van der Waals surface area (Å²) in [6, 6.07) is 19.8. The van der Waals surface area contributed by atoms with Gasteiger partial charge in [-0.15, -0.1) is 0 Å². The summed E-state index contributed by atoms with van der Waals surface area (Å²) in [5, 5.41) is 0.887. The number of benzene rings is 2. The van der Waals surface area contributed by atoms with E-state index in [1.165, 1.54) is 5.56 Å². The van der Waals surface area contributed by atoms with Crippen LogP contribution in [-0.2, 0) is 0 Å². The van der Waals surface area contributed by atoms with Gasteiger partial charge in [-0.1, -0.05) is 42.0 Å². The average molecular weight is 409 g/mol. The molecule has 1 aliphatic rings. The Hall–Kier alpha value is -3.80. The molecule has 0 unspecified atom stereocenters. The van der Waals surface area contributed by atoms with Crippen LogP contribution in [0, 0.1) is 6.92 Å². The average Bonchev–Trinajstić information content (AvgIpc) is 2.83. The number of para-hydroxylation sites is 1. The Balaban J connectivity index is 1.46. The Morgan fingerprint density at radius 3 is 2.42 bits per heavy atom. The van der Waals surface area contributed by atoms with Crippen LogP contribution in [0.5, 0.6) is 0 Å². The standard InChI is InChI=1S/C25H23N5O/c1-18-6-4-7-19(16-18)23-17-21(20-8-2-3-9-22(20)28-23)24(31)29-12-14-30(15-13-29)25-26-10-5-11-27-25/h2-11,16-17H,12-15H2,1H3. The molecule has 0 bridgehead atoms. The van der Waals surface area contributed by atoms with Gasteiger partial charge >= 0.3 is 0 Å². The summed E-state index contributed by atoms with van der Waals surface area (Å²) in [4.78, 5) is 31.1. The Bertz CT molecular complexity index is 1230. The zero-order valence-electron chi connectivity index (χ0n) is 17.4. The van der Waals surface area contributed by atoms with Crippen molar-refractivity contribution in [1.29, 1.82) is 0 Å². The van der Waals surface area contributed by atoms with Crippen molar-refractivity contribution in [2.24, 2.45) is 0 Å². The minimum Gasteiger partial charge on any atom is -0.337 e. The Labute approximate surface area is 181 Å².